The van der Waals surface area contributed by atoms with Crippen molar-refractivity contribution in [1.29, 1.82) is 0 Å². The van der Waals surface area contributed by atoms with Crippen molar-refractivity contribution in [2.75, 3.05) is 26.2 Å². The van der Waals surface area contributed by atoms with Crippen LogP contribution in [0, 0.1) is 11.6 Å². The van der Waals surface area contributed by atoms with Gasteiger partial charge in [-0.05, 0) is 30.8 Å². The molecule has 1 rings (SSSR count). The highest BCUT2D eigenvalue weighted by molar-refractivity contribution is 5.31. The predicted octanol–water partition coefficient (Wildman–Crippen LogP) is 2.14. The van der Waals surface area contributed by atoms with Crippen molar-refractivity contribution in [3.05, 3.63) is 29.3 Å². The third-order valence-electron chi connectivity index (χ3n) is 2.84. The number of nitrogens with two attached hydrogens (primary N) is 1. The Balaban J connectivity index is 2.62. The third kappa shape index (κ3) is 3.92. The summed E-state index contributed by atoms with van der Waals surface area (Å²) in [6.07, 6.45) is 0. The maximum absolute atomic E-state index is 13.6. The Morgan fingerprint density at radius 1 is 1.17 bits per heavy atom. The molecule has 2 N–H and O–H groups in total. The summed E-state index contributed by atoms with van der Waals surface area (Å²) in [4.78, 5) is 2.12. The van der Waals surface area contributed by atoms with E-state index in [1.54, 1.807) is 0 Å². The molecule has 0 saturated carbocycles. The van der Waals surface area contributed by atoms with E-state index < -0.39 is 11.6 Å². The standard InChI is InChI=1S/C13H20F2N2O/c1-3-17(4-2)5-6-18-13-11(14)7-10(9-16)8-12(13)15/h7-8H,3-6,9,16H2,1-2H3. The van der Waals surface area contributed by atoms with Gasteiger partial charge in [0, 0.05) is 13.1 Å². The molecule has 0 radical (unpaired) electrons. The fourth-order valence-corrected chi connectivity index (χ4v) is 1.68. The van der Waals surface area contributed by atoms with E-state index in [-0.39, 0.29) is 18.9 Å². The molecule has 0 atom stereocenters. The number of rotatable bonds is 7. The summed E-state index contributed by atoms with van der Waals surface area (Å²) in [6.45, 7) is 6.84. The average Bonchev–Trinajstić information content (AvgIpc) is 2.37. The van der Waals surface area contributed by atoms with Crippen LogP contribution in [0.5, 0.6) is 5.75 Å². The third-order valence-corrected chi connectivity index (χ3v) is 2.84. The van der Waals surface area contributed by atoms with E-state index in [1.165, 1.54) is 12.1 Å². The zero-order chi connectivity index (χ0) is 13.5. The van der Waals surface area contributed by atoms with Crippen molar-refractivity contribution >= 4 is 0 Å². The molecule has 1 aromatic carbocycles. The lowest BCUT2D eigenvalue weighted by Gasteiger charge is -2.18. The normalized spacial score (nSPS) is 11.0. The highest BCUT2D eigenvalue weighted by Gasteiger charge is 2.12. The quantitative estimate of drug-likeness (QED) is 0.814. The SMILES string of the molecule is CCN(CC)CCOc1c(F)cc(CN)cc1F. The Morgan fingerprint density at radius 3 is 2.17 bits per heavy atom. The first-order valence-corrected chi connectivity index (χ1v) is 6.15. The Labute approximate surface area is 107 Å². The van der Waals surface area contributed by atoms with Crippen LogP contribution in [0.1, 0.15) is 19.4 Å². The zero-order valence-corrected chi connectivity index (χ0v) is 10.9. The van der Waals surface area contributed by atoms with Crippen LogP contribution in [0.15, 0.2) is 12.1 Å². The smallest absolute Gasteiger partial charge is 0.190 e. The van der Waals surface area contributed by atoms with Gasteiger partial charge in [0.25, 0.3) is 0 Å². The fraction of sp³-hybridized carbons (Fsp3) is 0.538. The summed E-state index contributed by atoms with van der Waals surface area (Å²) in [6, 6.07) is 2.41. The van der Waals surface area contributed by atoms with E-state index in [0.29, 0.717) is 12.1 Å². The van der Waals surface area contributed by atoms with Gasteiger partial charge in [0.1, 0.15) is 6.61 Å². The maximum Gasteiger partial charge on any atom is 0.190 e. The number of hydrogen-bond acceptors (Lipinski definition) is 3. The Hall–Kier alpha value is -1.20. The minimum atomic E-state index is -0.699. The lowest BCUT2D eigenvalue weighted by molar-refractivity contribution is 0.211. The van der Waals surface area contributed by atoms with Gasteiger partial charge in [-0.3, -0.25) is 0 Å². The summed E-state index contributed by atoms with van der Waals surface area (Å²) in [5.41, 5.74) is 5.75. The lowest BCUT2D eigenvalue weighted by Crippen LogP contribution is -2.28. The Morgan fingerprint density at radius 2 is 1.72 bits per heavy atom. The number of hydrogen-bond donors (Lipinski definition) is 1. The van der Waals surface area contributed by atoms with Crippen LogP contribution < -0.4 is 10.5 Å². The minimum absolute atomic E-state index is 0.105. The van der Waals surface area contributed by atoms with Crippen molar-refractivity contribution < 1.29 is 13.5 Å². The molecule has 0 fully saturated rings. The second-order valence-corrected chi connectivity index (χ2v) is 3.97. The molecule has 0 saturated heterocycles. The van der Waals surface area contributed by atoms with Crippen LogP contribution in [0.3, 0.4) is 0 Å². The van der Waals surface area contributed by atoms with Crippen molar-refractivity contribution in [2.24, 2.45) is 5.73 Å². The largest absolute Gasteiger partial charge is 0.486 e. The van der Waals surface area contributed by atoms with E-state index in [9.17, 15) is 8.78 Å². The van der Waals surface area contributed by atoms with Crippen molar-refractivity contribution in [1.82, 2.24) is 4.90 Å². The first-order chi connectivity index (χ1) is 8.62. The first-order valence-electron chi connectivity index (χ1n) is 6.15. The van der Waals surface area contributed by atoms with E-state index in [0.717, 1.165) is 13.1 Å². The molecule has 0 heterocycles. The molecule has 0 aromatic heterocycles. The Bertz CT molecular complexity index is 358. The van der Waals surface area contributed by atoms with Crippen molar-refractivity contribution in [3.8, 4) is 5.75 Å². The van der Waals surface area contributed by atoms with E-state index in [2.05, 4.69) is 4.90 Å². The summed E-state index contributed by atoms with van der Waals surface area (Å²) in [7, 11) is 0. The van der Waals surface area contributed by atoms with E-state index >= 15 is 0 Å². The van der Waals surface area contributed by atoms with Crippen LogP contribution in [0.4, 0.5) is 8.78 Å². The first kappa shape index (κ1) is 14.9. The Kier molecular flexibility index (Phi) is 6.01. The summed E-state index contributed by atoms with van der Waals surface area (Å²) < 4.78 is 32.3. The highest BCUT2D eigenvalue weighted by atomic mass is 19.1. The van der Waals surface area contributed by atoms with Gasteiger partial charge < -0.3 is 15.4 Å². The molecular weight excluding hydrogens is 238 g/mol. The number of likely N-dealkylation sites (N-methyl/N-ethyl adjacent to an activating group) is 1. The van der Waals surface area contributed by atoms with Crippen molar-refractivity contribution in [2.45, 2.75) is 20.4 Å². The monoisotopic (exact) mass is 258 g/mol. The van der Waals surface area contributed by atoms with E-state index in [4.69, 9.17) is 10.5 Å². The average molecular weight is 258 g/mol. The van der Waals surface area contributed by atoms with Crippen LogP contribution in [0.25, 0.3) is 0 Å². The number of halogens is 2. The number of benzene rings is 1. The second kappa shape index (κ2) is 7.28. The molecule has 102 valence electrons. The van der Waals surface area contributed by atoms with Crippen LogP contribution in [0.2, 0.25) is 0 Å². The van der Waals surface area contributed by atoms with Gasteiger partial charge in [-0.2, -0.15) is 0 Å². The van der Waals surface area contributed by atoms with Gasteiger partial charge in [0.2, 0.25) is 0 Å². The van der Waals surface area contributed by atoms with Gasteiger partial charge in [0.05, 0.1) is 0 Å². The van der Waals surface area contributed by atoms with Crippen LogP contribution in [-0.4, -0.2) is 31.1 Å². The molecular formula is C13H20F2N2O. The molecule has 0 spiro atoms. The number of nitrogens with zero attached hydrogens (tertiary/aromatic N) is 1. The van der Waals surface area contributed by atoms with Crippen LogP contribution >= 0.6 is 0 Å². The number of ether oxygens (including phenoxy) is 1. The van der Waals surface area contributed by atoms with Gasteiger partial charge in [-0.15, -0.1) is 0 Å². The zero-order valence-electron chi connectivity index (χ0n) is 10.9. The molecule has 3 nitrogen and oxygen atoms in total. The molecule has 0 aliphatic rings. The molecule has 0 bridgehead atoms. The fourth-order valence-electron chi connectivity index (χ4n) is 1.68. The lowest BCUT2D eigenvalue weighted by atomic mass is 10.2. The second-order valence-electron chi connectivity index (χ2n) is 3.97. The molecule has 0 amide bonds. The van der Waals surface area contributed by atoms with Gasteiger partial charge in [-0.1, -0.05) is 13.8 Å². The molecule has 18 heavy (non-hydrogen) atoms. The molecule has 0 aliphatic carbocycles. The molecule has 0 aliphatic heterocycles. The van der Waals surface area contributed by atoms with E-state index in [1.807, 2.05) is 13.8 Å². The summed E-state index contributed by atoms with van der Waals surface area (Å²) in [5.74, 6) is -1.72. The van der Waals surface area contributed by atoms with Gasteiger partial charge in [0.15, 0.2) is 17.4 Å². The van der Waals surface area contributed by atoms with Crippen LogP contribution in [-0.2, 0) is 6.54 Å². The minimum Gasteiger partial charge on any atom is -0.486 e. The summed E-state index contributed by atoms with van der Waals surface area (Å²) >= 11 is 0. The summed E-state index contributed by atoms with van der Waals surface area (Å²) in [5, 5.41) is 0. The van der Waals surface area contributed by atoms with Crippen molar-refractivity contribution in [3.63, 3.8) is 0 Å². The van der Waals surface area contributed by atoms with Gasteiger partial charge >= 0.3 is 0 Å². The topological polar surface area (TPSA) is 38.5 Å². The molecule has 1 aromatic rings. The van der Waals surface area contributed by atoms with Gasteiger partial charge in [-0.25, -0.2) is 8.78 Å². The molecule has 5 heteroatoms. The highest BCUT2D eigenvalue weighted by Crippen LogP contribution is 2.23. The molecule has 0 unspecified atom stereocenters. The predicted molar refractivity (Wildman–Crippen MR) is 67.5 cm³/mol. The maximum atomic E-state index is 13.6.